The fraction of sp³-hybridized carbons (Fsp3) is 0.571. The Morgan fingerprint density at radius 3 is 2.81 bits per heavy atom. The van der Waals surface area contributed by atoms with Gasteiger partial charge in [0.25, 0.3) is 0 Å². The second-order valence-corrected chi connectivity index (χ2v) is 5.14. The molecule has 1 aliphatic carbocycles. The summed E-state index contributed by atoms with van der Waals surface area (Å²) in [4.78, 5) is 2.48. The number of nitrogens with zero attached hydrogens (tertiary/aromatic N) is 1. The SMILES string of the molecule is CC(C)N(C)C1CCc2c(N)cccc2C1. The van der Waals surface area contributed by atoms with Crippen LogP contribution < -0.4 is 5.73 Å². The highest BCUT2D eigenvalue weighted by Crippen LogP contribution is 2.28. The van der Waals surface area contributed by atoms with Crippen molar-refractivity contribution in [2.45, 2.75) is 45.2 Å². The van der Waals surface area contributed by atoms with E-state index in [0.717, 1.165) is 18.5 Å². The Morgan fingerprint density at radius 2 is 2.12 bits per heavy atom. The minimum atomic E-state index is 0.618. The number of hydrogen-bond acceptors (Lipinski definition) is 2. The van der Waals surface area contributed by atoms with Crippen LogP contribution in [-0.2, 0) is 12.8 Å². The maximum atomic E-state index is 6.01. The van der Waals surface area contributed by atoms with Crippen LogP contribution in [0, 0.1) is 0 Å². The molecule has 0 aliphatic heterocycles. The Bertz CT molecular complexity index is 371. The fourth-order valence-corrected chi connectivity index (χ4v) is 2.59. The van der Waals surface area contributed by atoms with Crippen molar-refractivity contribution in [3.05, 3.63) is 29.3 Å². The molecule has 2 N–H and O–H groups in total. The number of nitrogens with two attached hydrogens (primary N) is 1. The van der Waals surface area contributed by atoms with Gasteiger partial charge in [-0.15, -0.1) is 0 Å². The molecule has 2 nitrogen and oxygen atoms in total. The quantitative estimate of drug-likeness (QED) is 0.773. The van der Waals surface area contributed by atoms with Gasteiger partial charge in [0.05, 0.1) is 0 Å². The summed E-state index contributed by atoms with van der Waals surface area (Å²) < 4.78 is 0. The van der Waals surface area contributed by atoms with E-state index in [1.54, 1.807) is 0 Å². The summed E-state index contributed by atoms with van der Waals surface area (Å²) in [5.74, 6) is 0. The third-order valence-electron chi connectivity index (χ3n) is 3.88. The van der Waals surface area contributed by atoms with Crippen LogP contribution in [0.15, 0.2) is 18.2 Å². The van der Waals surface area contributed by atoms with Crippen molar-refractivity contribution in [2.24, 2.45) is 0 Å². The van der Waals surface area contributed by atoms with E-state index >= 15 is 0 Å². The first-order chi connectivity index (χ1) is 7.59. The molecule has 1 atom stereocenters. The number of benzene rings is 1. The Kier molecular flexibility index (Phi) is 3.20. The van der Waals surface area contributed by atoms with Crippen molar-refractivity contribution in [2.75, 3.05) is 12.8 Å². The minimum Gasteiger partial charge on any atom is -0.398 e. The molecule has 2 heteroatoms. The first-order valence-electron chi connectivity index (χ1n) is 6.17. The highest BCUT2D eigenvalue weighted by molar-refractivity contribution is 5.52. The van der Waals surface area contributed by atoms with Crippen molar-refractivity contribution >= 4 is 5.69 Å². The highest BCUT2D eigenvalue weighted by atomic mass is 15.1. The van der Waals surface area contributed by atoms with E-state index in [-0.39, 0.29) is 0 Å². The van der Waals surface area contributed by atoms with Gasteiger partial charge in [-0.25, -0.2) is 0 Å². The lowest BCUT2D eigenvalue weighted by molar-refractivity contribution is 0.179. The standard InChI is InChI=1S/C14H22N2/c1-10(2)16(3)12-7-8-13-11(9-12)5-4-6-14(13)15/h4-6,10,12H,7-9,15H2,1-3H3. The van der Waals surface area contributed by atoms with Crippen LogP contribution in [0.25, 0.3) is 0 Å². The monoisotopic (exact) mass is 218 g/mol. The second kappa shape index (κ2) is 4.46. The molecule has 0 heterocycles. The lowest BCUT2D eigenvalue weighted by Gasteiger charge is -2.35. The molecule has 0 amide bonds. The Hall–Kier alpha value is -1.02. The molecule has 0 saturated heterocycles. The van der Waals surface area contributed by atoms with Gasteiger partial charge >= 0.3 is 0 Å². The number of anilines is 1. The first-order valence-corrected chi connectivity index (χ1v) is 6.17. The normalized spacial score (nSPS) is 20.2. The maximum Gasteiger partial charge on any atom is 0.0349 e. The van der Waals surface area contributed by atoms with E-state index in [4.69, 9.17) is 5.73 Å². The van der Waals surface area contributed by atoms with Gasteiger partial charge in [0, 0.05) is 17.8 Å². The molecular weight excluding hydrogens is 196 g/mol. The predicted molar refractivity (Wildman–Crippen MR) is 69.6 cm³/mol. The van der Waals surface area contributed by atoms with E-state index in [9.17, 15) is 0 Å². The molecule has 2 rings (SSSR count). The Morgan fingerprint density at radius 1 is 1.38 bits per heavy atom. The largest absolute Gasteiger partial charge is 0.398 e. The van der Waals surface area contributed by atoms with Gasteiger partial charge in [0.2, 0.25) is 0 Å². The molecule has 1 aliphatic rings. The van der Waals surface area contributed by atoms with E-state index in [0.29, 0.717) is 12.1 Å². The smallest absolute Gasteiger partial charge is 0.0349 e. The van der Waals surface area contributed by atoms with E-state index in [2.05, 4.69) is 37.9 Å². The number of fused-ring (bicyclic) bond motifs is 1. The van der Waals surface area contributed by atoms with E-state index < -0.39 is 0 Å². The summed E-state index contributed by atoms with van der Waals surface area (Å²) in [6, 6.07) is 7.62. The number of likely N-dealkylation sites (N-methyl/N-ethyl adjacent to an activating group) is 1. The lowest BCUT2D eigenvalue weighted by atomic mass is 9.86. The van der Waals surface area contributed by atoms with Gasteiger partial charge in [-0.1, -0.05) is 12.1 Å². The van der Waals surface area contributed by atoms with Crippen molar-refractivity contribution in [1.82, 2.24) is 4.90 Å². The molecule has 0 fully saturated rings. The van der Waals surface area contributed by atoms with Crippen molar-refractivity contribution in [3.63, 3.8) is 0 Å². The zero-order chi connectivity index (χ0) is 11.7. The summed E-state index contributed by atoms with van der Waals surface area (Å²) in [6.45, 7) is 4.52. The second-order valence-electron chi connectivity index (χ2n) is 5.14. The molecule has 1 aromatic carbocycles. The molecule has 16 heavy (non-hydrogen) atoms. The molecule has 88 valence electrons. The first kappa shape index (κ1) is 11.5. The van der Waals surface area contributed by atoms with Gasteiger partial charge in [-0.2, -0.15) is 0 Å². The predicted octanol–water partition coefficient (Wildman–Crippen LogP) is 2.47. The summed E-state index contributed by atoms with van der Waals surface area (Å²) >= 11 is 0. The van der Waals surface area contributed by atoms with Gasteiger partial charge in [0.15, 0.2) is 0 Å². The van der Waals surface area contributed by atoms with Crippen LogP contribution >= 0.6 is 0 Å². The summed E-state index contributed by atoms with van der Waals surface area (Å²) in [7, 11) is 2.23. The minimum absolute atomic E-state index is 0.618. The molecule has 1 unspecified atom stereocenters. The van der Waals surface area contributed by atoms with Crippen molar-refractivity contribution in [3.8, 4) is 0 Å². The molecule has 0 bridgehead atoms. The third-order valence-corrected chi connectivity index (χ3v) is 3.88. The molecular formula is C14H22N2. The van der Waals surface area contributed by atoms with Crippen LogP contribution in [0.4, 0.5) is 5.69 Å². The average molecular weight is 218 g/mol. The zero-order valence-electron chi connectivity index (χ0n) is 10.5. The number of rotatable bonds is 2. The van der Waals surface area contributed by atoms with E-state index in [1.165, 1.54) is 17.5 Å². The van der Waals surface area contributed by atoms with E-state index in [1.807, 2.05) is 6.07 Å². The molecule has 0 radical (unpaired) electrons. The van der Waals surface area contributed by atoms with Gasteiger partial charge in [-0.3, -0.25) is 0 Å². The van der Waals surface area contributed by atoms with Crippen molar-refractivity contribution < 1.29 is 0 Å². The Balaban J connectivity index is 2.18. The molecule has 0 spiro atoms. The zero-order valence-corrected chi connectivity index (χ0v) is 10.5. The van der Waals surface area contributed by atoms with Crippen LogP contribution in [0.2, 0.25) is 0 Å². The van der Waals surface area contributed by atoms with Crippen LogP contribution in [0.1, 0.15) is 31.4 Å². The van der Waals surface area contributed by atoms with Crippen LogP contribution in [0.3, 0.4) is 0 Å². The van der Waals surface area contributed by atoms with Crippen molar-refractivity contribution in [1.29, 1.82) is 0 Å². The van der Waals surface area contributed by atoms with Crippen LogP contribution in [0.5, 0.6) is 0 Å². The Labute approximate surface area is 98.4 Å². The molecule has 0 saturated carbocycles. The maximum absolute atomic E-state index is 6.01. The summed E-state index contributed by atoms with van der Waals surface area (Å²) in [6.07, 6.45) is 3.51. The van der Waals surface area contributed by atoms with Gasteiger partial charge in [0.1, 0.15) is 0 Å². The fourth-order valence-electron chi connectivity index (χ4n) is 2.59. The number of hydrogen-bond donors (Lipinski definition) is 1. The highest BCUT2D eigenvalue weighted by Gasteiger charge is 2.24. The number of nitrogen functional groups attached to an aromatic ring is 1. The average Bonchev–Trinajstić information content (AvgIpc) is 2.28. The van der Waals surface area contributed by atoms with Crippen LogP contribution in [-0.4, -0.2) is 24.0 Å². The molecule has 1 aromatic rings. The third kappa shape index (κ3) is 2.07. The topological polar surface area (TPSA) is 29.3 Å². The summed E-state index contributed by atoms with van der Waals surface area (Å²) in [5.41, 5.74) is 9.82. The lowest BCUT2D eigenvalue weighted by Crippen LogP contribution is -2.40. The summed E-state index contributed by atoms with van der Waals surface area (Å²) in [5, 5.41) is 0. The van der Waals surface area contributed by atoms with Gasteiger partial charge < -0.3 is 10.6 Å². The molecule has 0 aromatic heterocycles. The van der Waals surface area contributed by atoms with Gasteiger partial charge in [-0.05, 0) is 57.4 Å².